The highest BCUT2D eigenvalue weighted by atomic mass is 16.3. The Morgan fingerprint density at radius 2 is 1.27 bits per heavy atom. The molecule has 2 aromatic rings. The zero-order chi connectivity index (χ0) is 11.0. The van der Waals surface area contributed by atoms with Crippen molar-refractivity contribution >= 4 is 10.8 Å². The molecule has 1 aromatic carbocycles. The average Bonchev–Trinajstić information content (AvgIpc) is 2.63. The van der Waals surface area contributed by atoms with Gasteiger partial charge in [-0.1, -0.05) is 26.0 Å². The Hall–Kier alpha value is -1.24. The van der Waals surface area contributed by atoms with Crippen LogP contribution in [0.2, 0.25) is 0 Å². The van der Waals surface area contributed by atoms with Crippen LogP contribution in [-0.2, 0) is 12.8 Å². The van der Waals surface area contributed by atoms with Gasteiger partial charge in [-0.2, -0.15) is 0 Å². The molecule has 0 spiro atoms. The fourth-order valence-corrected chi connectivity index (χ4v) is 2.28. The number of aryl methyl sites for hydroxylation is 4. The lowest BCUT2D eigenvalue weighted by atomic mass is 10.0. The molecule has 0 unspecified atom stereocenters. The van der Waals surface area contributed by atoms with E-state index in [4.69, 9.17) is 4.42 Å². The van der Waals surface area contributed by atoms with E-state index in [1.165, 1.54) is 21.9 Å². The summed E-state index contributed by atoms with van der Waals surface area (Å²) in [5.41, 5.74) is 2.66. The molecule has 0 bridgehead atoms. The first-order valence-electron chi connectivity index (χ1n) is 5.69. The predicted octanol–water partition coefficient (Wildman–Crippen LogP) is 4.17. The van der Waals surface area contributed by atoms with Crippen LogP contribution < -0.4 is 0 Å². The van der Waals surface area contributed by atoms with Gasteiger partial charge in [0.05, 0.1) is 0 Å². The molecule has 0 saturated carbocycles. The fourth-order valence-electron chi connectivity index (χ4n) is 2.28. The lowest BCUT2D eigenvalue weighted by Gasteiger charge is -2.01. The van der Waals surface area contributed by atoms with Gasteiger partial charge in [0, 0.05) is 23.6 Å². The number of hydrogen-bond donors (Lipinski definition) is 0. The Morgan fingerprint density at radius 1 is 0.867 bits per heavy atom. The van der Waals surface area contributed by atoms with Crippen molar-refractivity contribution in [2.75, 3.05) is 0 Å². The van der Waals surface area contributed by atoms with Crippen LogP contribution in [0.3, 0.4) is 0 Å². The van der Waals surface area contributed by atoms with Crippen LogP contribution in [0.25, 0.3) is 10.8 Å². The summed E-state index contributed by atoms with van der Waals surface area (Å²) in [4.78, 5) is 0. The zero-order valence-electron chi connectivity index (χ0n) is 9.98. The van der Waals surface area contributed by atoms with E-state index in [0.29, 0.717) is 0 Å². The third-order valence-corrected chi connectivity index (χ3v) is 3.07. The molecule has 1 heteroatoms. The molecule has 0 aliphatic rings. The summed E-state index contributed by atoms with van der Waals surface area (Å²) < 4.78 is 5.93. The summed E-state index contributed by atoms with van der Waals surface area (Å²) in [5.74, 6) is 2.28. The molecule has 1 aromatic heterocycles. The SMILES string of the molecule is CCc1oc(CC)c2c(C)ccc(C)c12. The van der Waals surface area contributed by atoms with Crippen molar-refractivity contribution in [3.63, 3.8) is 0 Å². The summed E-state index contributed by atoms with van der Waals surface area (Å²) in [6.07, 6.45) is 1.95. The summed E-state index contributed by atoms with van der Waals surface area (Å²) in [7, 11) is 0. The van der Waals surface area contributed by atoms with E-state index in [9.17, 15) is 0 Å². The normalized spacial score (nSPS) is 11.2. The molecule has 80 valence electrons. The third kappa shape index (κ3) is 1.46. The third-order valence-electron chi connectivity index (χ3n) is 3.07. The van der Waals surface area contributed by atoms with Crippen LogP contribution in [0.4, 0.5) is 0 Å². The molecule has 2 rings (SSSR count). The molecule has 0 amide bonds. The van der Waals surface area contributed by atoms with Crippen molar-refractivity contribution in [3.05, 3.63) is 34.8 Å². The Kier molecular flexibility index (Phi) is 2.56. The second-order valence-corrected chi connectivity index (χ2v) is 4.10. The van der Waals surface area contributed by atoms with E-state index in [1.807, 2.05) is 0 Å². The molecule has 0 saturated heterocycles. The molecule has 0 aliphatic heterocycles. The lowest BCUT2D eigenvalue weighted by molar-refractivity contribution is 0.480. The van der Waals surface area contributed by atoms with Gasteiger partial charge in [0.1, 0.15) is 11.5 Å². The van der Waals surface area contributed by atoms with Crippen LogP contribution in [0.15, 0.2) is 16.5 Å². The molecular formula is C14H18O. The Morgan fingerprint density at radius 3 is 1.60 bits per heavy atom. The van der Waals surface area contributed by atoms with Gasteiger partial charge in [0.15, 0.2) is 0 Å². The molecule has 0 atom stereocenters. The summed E-state index contributed by atoms with van der Waals surface area (Å²) in [6, 6.07) is 4.37. The van der Waals surface area contributed by atoms with Crippen LogP contribution in [-0.4, -0.2) is 0 Å². The average molecular weight is 202 g/mol. The first kappa shape index (κ1) is 10.3. The Bertz CT molecular complexity index is 447. The van der Waals surface area contributed by atoms with Crippen molar-refractivity contribution in [2.45, 2.75) is 40.5 Å². The maximum Gasteiger partial charge on any atom is 0.112 e. The number of hydrogen-bond acceptors (Lipinski definition) is 1. The van der Waals surface area contributed by atoms with Crippen LogP contribution in [0, 0.1) is 13.8 Å². The molecule has 0 N–H and O–H groups in total. The van der Waals surface area contributed by atoms with Gasteiger partial charge in [-0.15, -0.1) is 0 Å². The highest BCUT2D eigenvalue weighted by Gasteiger charge is 2.14. The van der Waals surface area contributed by atoms with Gasteiger partial charge in [0.25, 0.3) is 0 Å². The van der Waals surface area contributed by atoms with Crippen molar-refractivity contribution in [3.8, 4) is 0 Å². The summed E-state index contributed by atoms with van der Waals surface area (Å²) >= 11 is 0. The topological polar surface area (TPSA) is 13.1 Å². The first-order valence-corrected chi connectivity index (χ1v) is 5.69. The highest BCUT2D eigenvalue weighted by molar-refractivity contribution is 5.92. The minimum atomic E-state index is 0.973. The van der Waals surface area contributed by atoms with Gasteiger partial charge in [-0.3, -0.25) is 0 Å². The molecule has 0 fully saturated rings. The number of rotatable bonds is 2. The standard InChI is InChI=1S/C14H18O/c1-5-11-13-9(3)7-8-10(4)14(13)12(6-2)15-11/h7-8H,5-6H2,1-4H3. The minimum Gasteiger partial charge on any atom is -0.465 e. The number of furan rings is 1. The highest BCUT2D eigenvalue weighted by Crippen LogP contribution is 2.32. The van der Waals surface area contributed by atoms with Gasteiger partial charge in [0.2, 0.25) is 0 Å². The second kappa shape index (κ2) is 3.73. The van der Waals surface area contributed by atoms with E-state index in [0.717, 1.165) is 24.4 Å². The second-order valence-electron chi connectivity index (χ2n) is 4.10. The Balaban J connectivity index is 2.90. The summed E-state index contributed by atoms with van der Waals surface area (Å²) in [6.45, 7) is 8.63. The lowest BCUT2D eigenvalue weighted by Crippen LogP contribution is -1.83. The van der Waals surface area contributed by atoms with E-state index in [1.54, 1.807) is 0 Å². The van der Waals surface area contributed by atoms with Gasteiger partial charge in [-0.25, -0.2) is 0 Å². The maximum atomic E-state index is 5.93. The number of fused-ring (bicyclic) bond motifs is 1. The van der Waals surface area contributed by atoms with Gasteiger partial charge >= 0.3 is 0 Å². The van der Waals surface area contributed by atoms with Crippen LogP contribution in [0.1, 0.15) is 36.5 Å². The van der Waals surface area contributed by atoms with Crippen molar-refractivity contribution in [1.82, 2.24) is 0 Å². The predicted molar refractivity (Wildman–Crippen MR) is 64.4 cm³/mol. The van der Waals surface area contributed by atoms with Gasteiger partial charge in [-0.05, 0) is 25.0 Å². The minimum absolute atomic E-state index is 0.973. The molecule has 15 heavy (non-hydrogen) atoms. The summed E-state index contributed by atoms with van der Waals surface area (Å²) in [5, 5.41) is 2.68. The molecule has 1 nitrogen and oxygen atoms in total. The number of benzene rings is 1. The molecule has 0 radical (unpaired) electrons. The fraction of sp³-hybridized carbons (Fsp3) is 0.429. The van der Waals surface area contributed by atoms with E-state index in [2.05, 4.69) is 39.8 Å². The van der Waals surface area contributed by atoms with E-state index in [-0.39, 0.29) is 0 Å². The van der Waals surface area contributed by atoms with Crippen LogP contribution >= 0.6 is 0 Å². The zero-order valence-corrected chi connectivity index (χ0v) is 9.98. The van der Waals surface area contributed by atoms with Crippen LogP contribution in [0.5, 0.6) is 0 Å². The van der Waals surface area contributed by atoms with Crippen molar-refractivity contribution < 1.29 is 4.42 Å². The smallest absolute Gasteiger partial charge is 0.112 e. The Labute approximate surface area is 91.1 Å². The van der Waals surface area contributed by atoms with Gasteiger partial charge < -0.3 is 4.42 Å². The van der Waals surface area contributed by atoms with E-state index < -0.39 is 0 Å². The molecule has 1 heterocycles. The van der Waals surface area contributed by atoms with E-state index >= 15 is 0 Å². The first-order chi connectivity index (χ1) is 7.19. The monoisotopic (exact) mass is 202 g/mol. The van der Waals surface area contributed by atoms with Crippen molar-refractivity contribution in [2.24, 2.45) is 0 Å². The maximum absolute atomic E-state index is 5.93. The largest absolute Gasteiger partial charge is 0.465 e. The molecule has 0 aliphatic carbocycles. The molecular weight excluding hydrogens is 184 g/mol. The van der Waals surface area contributed by atoms with Crippen molar-refractivity contribution in [1.29, 1.82) is 0 Å². The quantitative estimate of drug-likeness (QED) is 0.712.